The van der Waals surface area contributed by atoms with Gasteiger partial charge in [-0.3, -0.25) is 9.59 Å². The average molecular weight is 385 g/mol. The number of anilines is 1. The van der Waals surface area contributed by atoms with Crippen LogP contribution >= 0.6 is 0 Å². The highest BCUT2D eigenvalue weighted by Gasteiger charge is 2.40. The van der Waals surface area contributed by atoms with Gasteiger partial charge in [-0.25, -0.2) is 4.90 Å². The van der Waals surface area contributed by atoms with E-state index in [-0.39, 0.29) is 11.6 Å². The van der Waals surface area contributed by atoms with Gasteiger partial charge < -0.3 is 0 Å². The summed E-state index contributed by atoms with van der Waals surface area (Å²) in [6.45, 7) is 0. The molecule has 27 heavy (non-hydrogen) atoms. The molecule has 3 nitrogen and oxygen atoms in total. The number of imide groups is 1. The lowest BCUT2D eigenvalue weighted by molar-refractivity contribution is -0.143. The second-order valence-electron chi connectivity index (χ2n) is 5.67. The Morgan fingerprint density at radius 2 is 1.26 bits per heavy atom. The summed E-state index contributed by atoms with van der Waals surface area (Å²) in [5.41, 5.74) is -3.82. The smallest absolute Gasteiger partial charge is 0.269 e. The largest absolute Gasteiger partial charge is 0.416 e. The van der Waals surface area contributed by atoms with Crippen LogP contribution in [0.4, 0.5) is 32.0 Å². The fourth-order valence-corrected chi connectivity index (χ4v) is 2.61. The Labute approximate surface area is 148 Å². The van der Waals surface area contributed by atoms with E-state index < -0.39 is 41.0 Å². The van der Waals surface area contributed by atoms with E-state index in [9.17, 15) is 35.9 Å². The summed E-state index contributed by atoms with van der Waals surface area (Å²) in [5.74, 6) is -2.02. The summed E-state index contributed by atoms with van der Waals surface area (Å²) in [6.07, 6.45) is -9.29. The molecule has 0 fully saturated rings. The zero-order chi connectivity index (χ0) is 20.0. The van der Waals surface area contributed by atoms with E-state index in [0.717, 1.165) is 6.08 Å². The third-order valence-corrected chi connectivity index (χ3v) is 3.84. The second kappa shape index (κ2) is 6.26. The van der Waals surface area contributed by atoms with Gasteiger partial charge >= 0.3 is 12.4 Å². The van der Waals surface area contributed by atoms with Crippen LogP contribution in [0.3, 0.4) is 0 Å². The molecule has 2 aromatic rings. The summed E-state index contributed by atoms with van der Waals surface area (Å²) in [4.78, 5) is 25.0. The Bertz CT molecular complexity index is 912. The van der Waals surface area contributed by atoms with Gasteiger partial charge in [-0.05, 0) is 23.8 Å². The normalized spacial score (nSPS) is 15.3. The van der Waals surface area contributed by atoms with Crippen molar-refractivity contribution in [3.05, 3.63) is 71.3 Å². The van der Waals surface area contributed by atoms with Gasteiger partial charge in [-0.15, -0.1) is 0 Å². The van der Waals surface area contributed by atoms with Crippen LogP contribution in [0.2, 0.25) is 0 Å². The Hall–Kier alpha value is -3.10. The van der Waals surface area contributed by atoms with Gasteiger partial charge in [-0.2, -0.15) is 26.3 Å². The third-order valence-electron chi connectivity index (χ3n) is 3.84. The van der Waals surface area contributed by atoms with Gasteiger partial charge in [-0.1, -0.05) is 30.3 Å². The number of carbonyl (C=O) groups excluding carboxylic acids is 2. The number of hydrogen-bond donors (Lipinski definition) is 0. The van der Waals surface area contributed by atoms with Gasteiger partial charge in [0.15, 0.2) is 0 Å². The summed E-state index contributed by atoms with van der Waals surface area (Å²) < 4.78 is 77.9. The van der Waals surface area contributed by atoms with Crippen molar-refractivity contribution in [3.63, 3.8) is 0 Å². The highest BCUT2D eigenvalue weighted by molar-refractivity contribution is 6.43. The monoisotopic (exact) mass is 385 g/mol. The molecule has 1 aliphatic rings. The van der Waals surface area contributed by atoms with Gasteiger partial charge in [0.2, 0.25) is 0 Å². The van der Waals surface area contributed by atoms with Crippen molar-refractivity contribution in [2.45, 2.75) is 12.4 Å². The number of amides is 2. The van der Waals surface area contributed by atoms with E-state index in [2.05, 4.69) is 0 Å². The molecule has 0 aromatic heterocycles. The molecule has 0 spiro atoms. The SMILES string of the molecule is O=C1C=C(c2ccccc2)C(=O)N1c1cc(C(F)(F)F)cc(C(F)(F)F)c1. The molecule has 140 valence electrons. The number of nitrogens with zero attached hydrogens (tertiary/aromatic N) is 1. The van der Waals surface area contributed by atoms with E-state index in [1.807, 2.05) is 0 Å². The standard InChI is InChI=1S/C18H9F6NO2/c19-17(20,21)11-6-12(18(22,23)24)8-13(7-11)25-15(26)9-14(16(25)27)10-4-2-1-3-5-10/h1-9H. The quantitative estimate of drug-likeness (QED) is 0.556. The van der Waals surface area contributed by atoms with Crippen molar-refractivity contribution in [2.24, 2.45) is 0 Å². The lowest BCUT2D eigenvalue weighted by Crippen LogP contribution is -2.31. The number of rotatable bonds is 2. The number of alkyl halides is 6. The molecule has 0 N–H and O–H groups in total. The van der Waals surface area contributed by atoms with Gasteiger partial charge in [0.25, 0.3) is 11.8 Å². The van der Waals surface area contributed by atoms with Crippen LogP contribution in [0.5, 0.6) is 0 Å². The predicted octanol–water partition coefficient (Wildman–Crippen LogP) is 4.68. The van der Waals surface area contributed by atoms with E-state index in [4.69, 9.17) is 0 Å². The van der Waals surface area contributed by atoms with Crippen LogP contribution in [0.1, 0.15) is 16.7 Å². The van der Waals surface area contributed by atoms with Crippen LogP contribution < -0.4 is 4.90 Å². The summed E-state index contributed by atoms with van der Waals surface area (Å²) in [5, 5.41) is 0. The van der Waals surface area contributed by atoms with Crippen LogP contribution in [-0.4, -0.2) is 11.8 Å². The molecule has 0 saturated heterocycles. The molecule has 3 rings (SSSR count). The van der Waals surface area contributed by atoms with Gasteiger partial charge in [0.1, 0.15) is 0 Å². The van der Waals surface area contributed by atoms with Crippen LogP contribution in [0.15, 0.2) is 54.6 Å². The van der Waals surface area contributed by atoms with Crippen LogP contribution in [0, 0.1) is 0 Å². The zero-order valence-electron chi connectivity index (χ0n) is 13.2. The predicted molar refractivity (Wildman–Crippen MR) is 83.4 cm³/mol. The molecule has 0 bridgehead atoms. The Morgan fingerprint density at radius 1 is 0.741 bits per heavy atom. The molecule has 1 heterocycles. The molecule has 1 aliphatic heterocycles. The van der Waals surface area contributed by atoms with Crippen molar-refractivity contribution in [3.8, 4) is 0 Å². The fourth-order valence-electron chi connectivity index (χ4n) is 2.61. The lowest BCUT2D eigenvalue weighted by atomic mass is 10.1. The molecular weight excluding hydrogens is 376 g/mol. The minimum Gasteiger partial charge on any atom is -0.269 e. The van der Waals surface area contributed by atoms with Crippen LogP contribution in [0.25, 0.3) is 5.57 Å². The number of halogens is 6. The van der Waals surface area contributed by atoms with Crippen molar-refractivity contribution in [2.75, 3.05) is 4.90 Å². The molecule has 0 saturated carbocycles. The highest BCUT2D eigenvalue weighted by Crippen LogP contribution is 2.39. The molecule has 0 atom stereocenters. The zero-order valence-corrected chi connectivity index (χ0v) is 13.2. The van der Waals surface area contributed by atoms with Crippen molar-refractivity contribution in [1.29, 1.82) is 0 Å². The molecule has 9 heteroatoms. The number of benzene rings is 2. The first kappa shape index (κ1) is 18.7. The average Bonchev–Trinajstić information content (AvgIpc) is 2.88. The van der Waals surface area contributed by atoms with Crippen molar-refractivity contribution in [1.82, 2.24) is 0 Å². The topological polar surface area (TPSA) is 37.4 Å². The van der Waals surface area contributed by atoms with E-state index in [1.54, 1.807) is 18.2 Å². The molecule has 0 aliphatic carbocycles. The summed E-state index contributed by atoms with van der Waals surface area (Å²) >= 11 is 0. The second-order valence-corrected chi connectivity index (χ2v) is 5.67. The molecule has 2 aromatic carbocycles. The maximum atomic E-state index is 13.0. The Balaban J connectivity index is 2.09. The molecule has 0 unspecified atom stereocenters. The Kier molecular flexibility index (Phi) is 4.33. The maximum absolute atomic E-state index is 13.0. The van der Waals surface area contributed by atoms with E-state index >= 15 is 0 Å². The minimum atomic E-state index is -5.09. The molecular formula is C18H9F6NO2. The maximum Gasteiger partial charge on any atom is 0.416 e. The lowest BCUT2D eigenvalue weighted by Gasteiger charge is -2.19. The van der Waals surface area contributed by atoms with Gasteiger partial charge in [0, 0.05) is 6.08 Å². The third kappa shape index (κ3) is 3.57. The first-order valence-corrected chi connectivity index (χ1v) is 7.43. The summed E-state index contributed by atoms with van der Waals surface area (Å²) in [7, 11) is 0. The van der Waals surface area contributed by atoms with E-state index in [0.29, 0.717) is 22.6 Å². The van der Waals surface area contributed by atoms with E-state index in [1.165, 1.54) is 12.1 Å². The van der Waals surface area contributed by atoms with Crippen molar-refractivity contribution < 1.29 is 35.9 Å². The molecule has 2 amide bonds. The van der Waals surface area contributed by atoms with Gasteiger partial charge in [0.05, 0.1) is 22.4 Å². The highest BCUT2D eigenvalue weighted by atomic mass is 19.4. The van der Waals surface area contributed by atoms with Crippen molar-refractivity contribution >= 4 is 23.1 Å². The summed E-state index contributed by atoms with van der Waals surface area (Å²) in [6, 6.07) is 8.39. The fraction of sp³-hybridized carbons (Fsp3) is 0.111. The van der Waals surface area contributed by atoms with Crippen LogP contribution in [-0.2, 0) is 21.9 Å². The minimum absolute atomic E-state index is 0.0694. The first-order valence-electron chi connectivity index (χ1n) is 7.43. The number of hydrogen-bond acceptors (Lipinski definition) is 2. The number of carbonyl (C=O) groups is 2. The Morgan fingerprint density at radius 3 is 1.74 bits per heavy atom. The first-order chi connectivity index (χ1) is 12.5. The molecule has 0 radical (unpaired) electrons.